The second kappa shape index (κ2) is 2.80. The molecule has 9 heavy (non-hydrogen) atoms. The van der Waals surface area contributed by atoms with Crippen LogP contribution in [0.2, 0.25) is 0 Å². The van der Waals surface area contributed by atoms with Crippen molar-refractivity contribution in [3.05, 3.63) is 0 Å². The second-order valence-corrected chi connectivity index (χ2v) is 2.31. The Morgan fingerprint density at radius 3 is 2.22 bits per heavy atom. The molecule has 0 spiro atoms. The standard InChI is InChI=1S/C5H11NO3/c1-5(2,9)6-3-4(7)8/h6,9H,3H2,1-2H3,(H,7,8). The van der Waals surface area contributed by atoms with Crippen LogP contribution in [0.1, 0.15) is 13.8 Å². The van der Waals surface area contributed by atoms with Crippen LogP contribution in [-0.2, 0) is 4.79 Å². The molecule has 0 atom stereocenters. The summed E-state index contributed by atoms with van der Waals surface area (Å²) in [5.74, 6) is -0.975. The molecule has 0 amide bonds. The zero-order valence-electron chi connectivity index (χ0n) is 5.51. The number of carboxylic acid groups (broad SMARTS) is 1. The highest BCUT2D eigenvalue weighted by Crippen LogP contribution is 1.91. The van der Waals surface area contributed by atoms with E-state index in [9.17, 15) is 4.79 Å². The zero-order chi connectivity index (χ0) is 7.49. The summed E-state index contributed by atoms with van der Waals surface area (Å²) in [5.41, 5.74) is -1.10. The molecule has 0 saturated heterocycles. The lowest BCUT2D eigenvalue weighted by Crippen LogP contribution is -2.41. The van der Waals surface area contributed by atoms with Crippen molar-refractivity contribution in [2.45, 2.75) is 19.6 Å². The van der Waals surface area contributed by atoms with Crippen molar-refractivity contribution in [2.75, 3.05) is 6.54 Å². The molecule has 0 unspecified atom stereocenters. The Kier molecular flexibility index (Phi) is 2.61. The van der Waals surface area contributed by atoms with E-state index in [1.807, 2.05) is 0 Å². The highest BCUT2D eigenvalue weighted by Gasteiger charge is 2.11. The number of rotatable bonds is 3. The van der Waals surface area contributed by atoms with Gasteiger partial charge < -0.3 is 10.2 Å². The number of hydrogen-bond donors (Lipinski definition) is 3. The third-order valence-corrected chi connectivity index (χ3v) is 0.672. The molecule has 0 aliphatic rings. The van der Waals surface area contributed by atoms with E-state index in [0.29, 0.717) is 0 Å². The zero-order valence-corrected chi connectivity index (χ0v) is 5.51. The summed E-state index contributed by atoms with van der Waals surface area (Å²) < 4.78 is 0. The first-order valence-corrected chi connectivity index (χ1v) is 2.61. The molecule has 4 heteroatoms. The van der Waals surface area contributed by atoms with Gasteiger partial charge in [0.2, 0.25) is 0 Å². The van der Waals surface area contributed by atoms with E-state index < -0.39 is 11.7 Å². The van der Waals surface area contributed by atoms with Crippen molar-refractivity contribution in [1.29, 1.82) is 0 Å². The van der Waals surface area contributed by atoms with E-state index in [4.69, 9.17) is 10.2 Å². The quantitative estimate of drug-likeness (QED) is 0.449. The third kappa shape index (κ3) is 7.39. The Morgan fingerprint density at radius 1 is 1.67 bits per heavy atom. The van der Waals surface area contributed by atoms with Crippen LogP contribution in [0.5, 0.6) is 0 Å². The minimum atomic E-state index is -1.10. The van der Waals surface area contributed by atoms with Gasteiger partial charge in [-0.25, -0.2) is 0 Å². The SMILES string of the molecule is CC(C)(O)NCC(=O)O. The van der Waals surface area contributed by atoms with Crippen molar-refractivity contribution >= 4 is 5.97 Å². The molecule has 0 saturated carbocycles. The van der Waals surface area contributed by atoms with Crippen LogP contribution in [0.3, 0.4) is 0 Å². The minimum absolute atomic E-state index is 0.219. The molecule has 4 nitrogen and oxygen atoms in total. The largest absolute Gasteiger partial charge is 0.480 e. The van der Waals surface area contributed by atoms with E-state index in [2.05, 4.69) is 5.32 Å². The number of nitrogens with one attached hydrogen (secondary N) is 1. The summed E-state index contributed by atoms with van der Waals surface area (Å²) in [6.07, 6.45) is 0. The maximum Gasteiger partial charge on any atom is 0.317 e. The molecular formula is C5H11NO3. The van der Waals surface area contributed by atoms with Gasteiger partial charge >= 0.3 is 5.97 Å². The maximum atomic E-state index is 9.87. The van der Waals surface area contributed by atoms with Crippen LogP contribution in [0.25, 0.3) is 0 Å². The topological polar surface area (TPSA) is 69.6 Å². The van der Waals surface area contributed by atoms with E-state index in [1.165, 1.54) is 13.8 Å². The van der Waals surface area contributed by atoms with Gasteiger partial charge in [-0.2, -0.15) is 0 Å². The summed E-state index contributed by atoms with van der Waals surface area (Å²) in [5, 5.41) is 19.4. The van der Waals surface area contributed by atoms with Gasteiger partial charge in [0.05, 0.1) is 6.54 Å². The Labute approximate surface area is 53.5 Å². The van der Waals surface area contributed by atoms with Gasteiger partial charge in [0.15, 0.2) is 0 Å². The predicted octanol–water partition coefficient (Wildman–Crippen LogP) is -0.611. The molecule has 0 aromatic heterocycles. The van der Waals surface area contributed by atoms with E-state index >= 15 is 0 Å². The lowest BCUT2D eigenvalue weighted by Gasteiger charge is -2.16. The average molecular weight is 133 g/mol. The summed E-state index contributed by atoms with van der Waals surface area (Å²) in [4.78, 5) is 9.87. The van der Waals surface area contributed by atoms with E-state index in [-0.39, 0.29) is 6.54 Å². The van der Waals surface area contributed by atoms with Gasteiger partial charge in [0.25, 0.3) is 0 Å². The Balaban J connectivity index is 3.39. The molecule has 0 aromatic rings. The first-order valence-electron chi connectivity index (χ1n) is 2.61. The van der Waals surface area contributed by atoms with Gasteiger partial charge in [-0.05, 0) is 13.8 Å². The lowest BCUT2D eigenvalue weighted by molar-refractivity contribution is -0.137. The number of hydrogen-bond acceptors (Lipinski definition) is 3. The van der Waals surface area contributed by atoms with Crippen molar-refractivity contribution in [3.8, 4) is 0 Å². The van der Waals surface area contributed by atoms with Crippen LogP contribution in [-0.4, -0.2) is 28.5 Å². The molecule has 3 N–H and O–H groups in total. The van der Waals surface area contributed by atoms with Crippen LogP contribution in [0.4, 0.5) is 0 Å². The van der Waals surface area contributed by atoms with Crippen molar-refractivity contribution in [1.82, 2.24) is 5.32 Å². The number of carboxylic acids is 1. The van der Waals surface area contributed by atoms with Crippen molar-refractivity contribution in [2.24, 2.45) is 0 Å². The van der Waals surface area contributed by atoms with Crippen molar-refractivity contribution in [3.63, 3.8) is 0 Å². The number of carbonyl (C=O) groups is 1. The molecule has 0 heterocycles. The molecule has 54 valence electrons. The Hall–Kier alpha value is -0.610. The fourth-order valence-electron chi connectivity index (χ4n) is 0.292. The molecule has 0 aromatic carbocycles. The summed E-state index contributed by atoms with van der Waals surface area (Å²) >= 11 is 0. The highest BCUT2D eigenvalue weighted by atomic mass is 16.4. The van der Waals surface area contributed by atoms with Gasteiger partial charge in [-0.1, -0.05) is 0 Å². The fraction of sp³-hybridized carbons (Fsp3) is 0.800. The van der Waals surface area contributed by atoms with Gasteiger partial charge in [-0.3, -0.25) is 10.1 Å². The third-order valence-electron chi connectivity index (χ3n) is 0.672. The monoisotopic (exact) mass is 133 g/mol. The van der Waals surface area contributed by atoms with Crippen LogP contribution in [0, 0.1) is 0 Å². The van der Waals surface area contributed by atoms with E-state index in [0.717, 1.165) is 0 Å². The molecule has 0 aliphatic carbocycles. The summed E-state index contributed by atoms with van der Waals surface area (Å²) in [6, 6.07) is 0. The number of aliphatic carboxylic acids is 1. The normalized spacial score (nSPS) is 11.4. The summed E-state index contributed by atoms with van der Waals surface area (Å²) in [6.45, 7) is 2.75. The van der Waals surface area contributed by atoms with E-state index in [1.54, 1.807) is 0 Å². The maximum absolute atomic E-state index is 9.87. The minimum Gasteiger partial charge on any atom is -0.480 e. The first kappa shape index (κ1) is 8.39. The Bertz CT molecular complexity index is 105. The Morgan fingerprint density at radius 2 is 2.11 bits per heavy atom. The fourth-order valence-corrected chi connectivity index (χ4v) is 0.292. The number of aliphatic hydroxyl groups is 1. The van der Waals surface area contributed by atoms with Crippen LogP contribution >= 0.6 is 0 Å². The lowest BCUT2D eigenvalue weighted by atomic mass is 10.3. The molecular weight excluding hydrogens is 122 g/mol. The highest BCUT2D eigenvalue weighted by molar-refractivity contribution is 5.69. The predicted molar refractivity (Wildman–Crippen MR) is 31.9 cm³/mol. The second-order valence-electron chi connectivity index (χ2n) is 2.31. The smallest absolute Gasteiger partial charge is 0.317 e. The summed E-state index contributed by atoms with van der Waals surface area (Å²) in [7, 11) is 0. The van der Waals surface area contributed by atoms with Gasteiger partial charge in [-0.15, -0.1) is 0 Å². The van der Waals surface area contributed by atoms with Crippen LogP contribution in [0.15, 0.2) is 0 Å². The molecule has 0 fully saturated rings. The molecule has 0 aliphatic heterocycles. The average Bonchev–Trinajstić information content (AvgIpc) is 1.59. The molecule has 0 radical (unpaired) electrons. The van der Waals surface area contributed by atoms with Gasteiger partial charge in [0, 0.05) is 0 Å². The molecule has 0 bridgehead atoms. The molecule has 0 rings (SSSR count). The van der Waals surface area contributed by atoms with Gasteiger partial charge in [0.1, 0.15) is 5.72 Å². The van der Waals surface area contributed by atoms with Crippen molar-refractivity contribution < 1.29 is 15.0 Å². The first-order chi connectivity index (χ1) is 3.92. The van der Waals surface area contributed by atoms with Crippen LogP contribution < -0.4 is 5.32 Å².